The summed E-state index contributed by atoms with van der Waals surface area (Å²) in [7, 11) is 1.44. The Hall–Kier alpha value is -4.12. The normalized spacial score (nSPS) is 15.3. The summed E-state index contributed by atoms with van der Waals surface area (Å²) in [6, 6.07) is 10.4. The number of rotatable bonds is 6. The van der Waals surface area contributed by atoms with Gasteiger partial charge in [0.15, 0.2) is 5.58 Å². The van der Waals surface area contributed by atoms with Crippen molar-refractivity contribution in [3.63, 3.8) is 0 Å². The summed E-state index contributed by atoms with van der Waals surface area (Å²) in [5.41, 5.74) is 2.21. The van der Waals surface area contributed by atoms with Gasteiger partial charge in [-0.15, -0.1) is 0 Å². The summed E-state index contributed by atoms with van der Waals surface area (Å²) in [4.78, 5) is 33.2. The number of carbonyl (C=O) groups is 2. The van der Waals surface area contributed by atoms with Gasteiger partial charge in [0.05, 0.1) is 12.1 Å². The van der Waals surface area contributed by atoms with Gasteiger partial charge in [-0.2, -0.15) is 4.98 Å². The second kappa shape index (κ2) is 10.4. The van der Waals surface area contributed by atoms with Crippen LogP contribution in [0.15, 0.2) is 63.1 Å². The van der Waals surface area contributed by atoms with Gasteiger partial charge in [0.25, 0.3) is 5.91 Å². The van der Waals surface area contributed by atoms with Crippen LogP contribution in [0.25, 0.3) is 11.1 Å². The third-order valence-electron chi connectivity index (χ3n) is 5.09. The minimum atomic E-state index is -0.755. The van der Waals surface area contributed by atoms with Crippen molar-refractivity contribution in [2.24, 2.45) is 4.99 Å². The van der Waals surface area contributed by atoms with Crippen molar-refractivity contribution in [3.8, 4) is 0 Å². The van der Waals surface area contributed by atoms with Gasteiger partial charge >= 0.3 is 12.1 Å². The number of aliphatic imine (C=N–C) groups is 1. The molecule has 0 aliphatic carbocycles. The molecule has 10 nitrogen and oxygen atoms in total. The van der Waals surface area contributed by atoms with Crippen molar-refractivity contribution >= 4 is 46.7 Å². The van der Waals surface area contributed by atoms with Crippen molar-refractivity contribution in [1.29, 1.82) is 0 Å². The zero-order valence-electron chi connectivity index (χ0n) is 18.8. The number of nitrogens with one attached hydrogen (secondary N) is 4. The Morgan fingerprint density at radius 2 is 2.06 bits per heavy atom. The molecular weight excluding hydrogens is 479 g/mol. The molecule has 4 rings (SSSR count). The molecule has 2 amide bonds. The van der Waals surface area contributed by atoms with E-state index < -0.39 is 23.9 Å². The van der Waals surface area contributed by atoms with Crippen LogP contribution in [-0.4, -0.2) is 43.1 Å². The van der Waals surface area contributed by atoms with Crippen molar-refractivity contribution in [3.05, 3.63) is 70.1 Å². The van der Waals surface area contributed by atoms with E-state index in [1.807, 2.05) is 0 Å². The summed E-state index contributed by atoms with van der Waals surface area (Å²) in [5.74, 6) is -0.582. The first kappa shape index (κ1) is 24.0. The van der Waals surface area contributed by atoms with Gasteiger partial charge in [0.1, 0.15) is 24.0 Å². The molecule has 0 saturated heterocycles. The summed E-state index contributed by atoms with van der Waals surface area (Å²) >= 11 is 6.43. The summed E-state index contributed by atoms with van der Waals surface area (Å²) in [6.07, 6.45) is -0.592. The predicted molar refractivity (Wildman–Crippen MR) is 128 cm³/mol. The van der Waals surface area contributed by atoms with Gasteiger partial charge < -0.3 is 25.1 Å². The van der Waals surface area contributed by atoms with Gasteiger partial charge in [0, 0.05) is 29.4 Å². The van der Waals surface area contributed by atoms with Crippen LogP contribution in [0.1, 0.15) is 18.5 Å². The maximum absolute atomic E-state index is 13.5. The van der Waals surface area contributed by atoms with E-state index in [1.165, 1.54) is 25.2 Å². The van der Waals surface area contributed by atoms with Crippen LogP contribution in [0.2, 0.25) is 5.02 Å². The van der Waals surface area contributed by atoms with Gasteiger partial charge in [-0.3, -0.25) is 10.1 Å². The number of ether oxygens (including phenoxy) is 1. The molecule has 1 atom stereocenters. The van der Waals surface area contributed by atoms with E-state index in [0.29, 0.717) is 27.4 Å². The molecule has 2 heterocycles. The number of carbonyl (C=O) groups excluding carboxylic acids is 2. The zero-order chi connectivity index (χ0) is 24.9. The molecular formula is C23H22ClFN6O4. The molecule has 2 aromatic carbocycles. The lowest BCUT2D eigenvalue weighted by atomic mass is 9.95. The fourth-order valence-electron chi connectivity index (χ4n) is 3.48. The summed E-state index contributed by atoms with van der Waals surface area (Å²) in [5, 5.41) is 11.5. The van der Waals surface area contributed by atoms with E-state index in [9.17, 15) is 14.0 Å². The standard InChI is InChI=1S/C23H22ClFN6O4/c1-12-18(20(32)27-9-10-34-23(33)26-2)19(14-5-3-4-6-15(14)24)30-21(28-12)31-22-29-16-8-7-13(25)11-17(16)35-22/h3-8,11,19H,9-10H2,1-2H3,(H,26,33)(H,27,32)(H2,28,29,30,31). The molecule has 35 heavy (non-hydrogen) atoms. The molecule has 4 N–H and O–H groups in total. The van der Waals surface area contributed by atoms with Crippen molar-refractivity contribution in [2.45, 2.75) is 13.0 Å². The van der Waals surface area contributed by atoms with E-state index in [0.717, 1.165) is 0 Å². The number of aromatic nitrogens is 1. The van der Waals surface area contributed by atoms with Gasteiger partial charge in [0.2, 0.25) is 5.96 Å². The third-order valence-corrected chi connectivity index (χ3v) is 5.43. The highest BCUT2D eigenvalue weighted by Crippen LogP contribution is 2.35. The van der Waals surface area contributed by atoms with Crippen LogP contribution < -0.4 is 21.3 Å². The summed E-state index contributed by atoms with van der Waals surface area (Å²) in [6.45, 7) is 1.82. The number of anilines is 1. The molecule has 1 aromatic heterocycles. The number of fused-ring (bicyclic) bond motifs is 1. The number of amides is 2. The Labute approximate surface area is 204 Å². The number of hydrogen-bond acceptors (Lipinski definition) is 8. The maximum atomic E-state index is 13.5. The van der Waals surface area contributed by atoms with Gasteiger partial charge in [-0.25, -0.2) is 14.2 Å². The minimum absolute atomic E-state index is 0.00365. The molecule has 1 unspecified atom stereocenters. The zero-order valence-corrected chi connectivity index (χ0v) is 19.6. The average molecular weight is 501 g/mol. The van der Waals surface area contributed by atoms with Gasteiger partial charge in [-0.05, 0) is 25.1 Å². The smallest absolute Gasteiger partial charge is 0.406 e. The molecule has 12 heteroatoms. The quantitative estimate of drug-likeness (QED) is 0.381. The number of oxazole rings is 1. The Balaban J connectivity index is 1.58. The number of halogens is 2. The number of guanidine groups is 1. The van der Waals surface area contributed by atoms with Crippen LogP contribution in [0, 0.1) is 5.82 Å². The van der Waals surface area contributed by atoms with Crippen LogP contribution >= 0.6 is 11.6 Å². The van der Waals surface area contributed by atoms with Crippen molar-refractivity contribution < 1.29 is 23.1 Å². The molecule has 0 bridgehead atoms. The molecule has 0 radical (unpaired) electrons. The van der Waals surface area contributed by atoms with E-state index in [2.05, 4.69) is 31.2 Å². The molecule has 0 fully saturated rings. The lowest BCUT2D eigenvalue weighted by molar-refractivity contribution is -0.118. The van der Waals surface area contributed by atoms with E-state index in [1.54, 1.807) is 31.2 Å². The number of nitrogens with zero attached hydrogens (tertiary/aromatic N) is 2. The van der Waals surface area contributed by atoms with Crippen LogP contribution in [0.4, 0.5) is 15.2 Å². The number of hydrogen-bond donors (Lipinski definition) is 4. The Bertz CT molecular complexity index is 1340. The highest BCUT2D eigenvalue weighted by Gasteiger charge is 2.31. The lowest BCUT2D eigenvalue weighted by Gasteiger charge is -2.27. The summed E-state index contributed by atoms with van der Waals surface area (Å²) < 4.78 is 24.0. The second-order valence-electron chi connectivity index (χ2n) is 7.46. The Kier molecular flexibility index (Phi) is 7.16. The molecule has 1 aliphatic heterocycles. The minimum Gasteiger partial charge on any atom is -0.448 e. The highest BCUT2D eigenvalue weighted by molar-refractivity contribution is 6.31. The van der Waals surface area contributed by atoms with Crippen molar-refractivity contribution in [2.75, 3.05) is 25.5 Å². The van der Waals surface area contributed by atoms with Crippen molar-refractivity contribution in [1.82, 2.24) is 20.9 Å². The van der Waals surface area contributed by atoms with Crippen LogP contribution in [0.3, 0.4) is 0 Å². The molecule has 0 spiro atoms. The third kappa shape index (κ3) is 5.52. The first-order valence-corrected chi connectivity index (χ1v) is 11.0. The van der Waals surface area contributed by atoms with E-state index in [-0.39, 0.29) is 30.7 Å². The average Bonchev–Trinajstić information content (AvgIpc) is 3.22. The monoisotopic (exact) mass is 500 g/mol. The largest absolute Gasteiger partial charge is 0.448 e. The number of benzene rings is 2. The number of allylic oxidation sites excluding steroid dienone is 1. The second-order valence-corrected chi connectivity index (χ2v) is 7.87. The van der Waals surface area contributed by atoms with Crippen LogP contribution in [0.5, 0.6) is 0 Å². The molecule has 182 valence electrons. The fourth-order valence-corrected chi connectivity index (χ4v) is 3.72. The molecule has 1 aliphatic rings. The molecule has 0 saturated carbocycles. The van der Waals surface area contributed by atoms with Crippen LogP contribution in [-0.2, 0) is 9.53 Å². The first-order chi connectivity index (χ1) is 16.9. The maximum Gasteiger partial charge on any atom is 0.406 e. The van der Waals surface area contributed by atoms with E-state index >= 15 is 0 Å². The van der Waals surface area contributed by atoms with E-state index in [4.69, 9.17) is 20.8 Å². The highest BCUT2D eigenvalue weighted by atomic mass is 35.5. The first-order valence-electron chi connectivity index (χ1n) is 10.6. The Morgan fingerprint density at radius 3 is 2.83 bits per heavy atom. The van der Waals surface area contributed by atoms with Gasteiger partial charge in [-0.1, -0.05) is 29.8 Å². The fraction of sp³-hybridized carbons (Fsp3) is 0.217. The lowest BCUT2D eigenvalue weighted by Crippen LogP contribution is -2.40. The topological polar surface area (TPSA) is 130 Å². The SMILES string of the molecule is CNC(=O)OCCNC(=O)C1=C(C)NC(Nc2nc3ccc(F)cc3o2)=NC1c1ccccc1Cl. The Morgan fingerprint density at radius 1 is 1.26 bits per heavy atom. The predicted octanol–water partition coefficient (Wildman–Crippen LogP) is 3.48. The molecule has 3 aromatic rings. The number of alkyl carbamates (subject to hydrolysis) is 1.